The van der Waals surface area contributed by atoms with Crippen molar-refractivity contribution in [2.45, 2.75) is 0 Å². The molecule has 0 aliphatic carbocycles. The molecule has 7 nitrogen and oxygen atoms in total. The van der Waals surface area contributed by atoms with Gasteiger partial charge in [0, 0.05) is 5.69 Å². The minimum atomic E-state index is -0.521. The minimum Gasteiger partial charge on any atom is -0.497 e. The van der Waals surface area contributed by atoms with Crippen LogP contribution in [0.1, 0.15) is 5.69 Å². The molecule has 128 valence electrons. The number of carbonyl (C=O) groups is 1. The summed E-state index contributed by atoms with van der Waals surface area (Å²) in [4.78, 5) is 13.7. The maximum Gasteiger partial charge on any atom is 0.266 e. The van der Waals surface area contributed by atoms with Gasteiger partial charge in [0.1, 0.15) is 23.1 Å². The third kappa shape index (κ3) is 3.94. The number of nitriles is 1. The van der Waals surface area contributed by atoms with Crippen LogP contribution in [0.2, 0.25) is 0 Å². The van der Waals surface area contributed by atoms with E-state index in [4.69, 9.17) is 4.74 Å². The Bertz CT molecular complexity index is 969. The van der Waals surface area contributed by atoms with Gasteiger partial charge in [-0.3, -0.25) is 4.79 Å². The zero-order chi connectivity index (χ0) is 18.4. The van der Waals surface area contributed by atoms with E-state index in [0.29, 0.717) is 17.1 Å². The number of nitrogens with zero attached hydrogens (tertiary/aromatic N) is 4. The van der Waals surface area contributed by atoms with Gasteiger partial charge in [0.2, 0.25) is 0 Å². The van der Waals surface area contributed by atoms with Crippen molar-refractivity contribution in [3.8, 4) is 17.5 Å². The van der Waals surface area contributed by atoms with E-state index in [1.165, 1.54) is 17.1 Å². The van der Waals surface area contributed by atoms with Crippen LogP contribution in [0.4, 0.5) is 5.69 Å². The summed E-state index contributed by atoms with van der Waals surface area (Å²) in [6.45, 7) is 0. The third-order valence-electron chi connectivity index (χ3n) is 3.50. The molecule has 1 N–H and O–H groups in total. The van der Waals surface area contributed by atoms with Crippen molar-refractivity contribution in [3.05, 3.63) is 72.1 Å². The van der Waals surface area contributed by atoms with Gasteiger partial charge in [-0.15, -0.1) is 5.10 Å². The first-order valence-corrected chi connectivity index (χ1v) is 7.74. The van der Waals surface area contributed by atoms with E-state index in [-0.39, 0.29) is 5.57 Å². The molecule has 0 spiro atoms. The Labute approximate surface area is 150 Å². The highest BCUT2D eigenvalue weighted by Crippen LogP contribution is 2.16. The maximum atomic E-state index is 12.3. The predicted octanol–water partition coefficient (Wildman–Crippen LogP) is 2.82. The lowest BCUT2D eigenvalue weighted by Crippen LogP contribution is -2.13. The second-order valence-corrected chi connectivity index (χ2v) is 5.25. The number of hydrogen-bond acceptors (Lipinski definition) is 5. The van der Waals surface area contributed by atoms with E-state index in [0.717, 1.165) is 5.69 Å². The topological polar surface area (TPSA) is 92.8 Å². The molecular formula is C19H15N5O2. The van der Waals surface area contributed by atoms with Gasteiger partial charge >= 0.3 is 0 Å². The van der Waals surface area contributed by atoms with Gasteiger partial charge in [-0.2, -0.15) is 15.2 Å². The van der Waals surface area contributed by atoms with Crippen molar-refractivity contribution >= 4 is 17.7 Å². The Kier molecular flexibility index (Phi) is 5.05. The van der Waals surface area contributed by atoms with Crippen molar-refractivity contribution in [1.29, 1.82) is 5.26 Å². The molecule has 2 aromatic carbocycles. The van der Waals surface area contributed by atoms with Crippen LogP contribution < -0.4 is 10.1 Å². The largest absolute Gasteiger partial charge is 0.497 e. The molecule has 1 amide bonds. The van der Waals surface area contributed by atoms with Crippen LogP contribution in [0.25, 0.3) is 11.8 Å². The lowest BCUT2D eigenvalue weighted by Gasteiger charge is -2.05. The lowest BCUT2D eigenvalue weighted by atomic mass is 10.2. The zero-order valence-corrected chi connectivity index (χ0v) is 14.0. The van der Waals surface area contributed by atoms with Gasteiger partial charge in [-0.1, -0.05) is 18.2 Å². The molecule has 0 saturated heterocycles. The summed E-state index contributed by atoms with van der Waals surface area (Å²) >= 11 is 0. The number of aromatic nitrogens is 3. The smallest absolute Gasteiger partial charge is 0.266 e. The van der Waals surface area contributed by atoms with E-state index in [9.17, 15) is 10.1 Å². The van der Waals surface area contributed by atoms with Gasteiger partial charge in [-0.05, 0) is 42.5 Å². The average molecular weight is 345 g/mol. The Morgan fingerprint density at radius 1 is 1.19 bits per heavy atom. The van der Waals surface area contributed by atoms with Gasteiger partial charge in [-0.25, -0.2) is 0 Å². The van der Waals surface area contributed by atoms with Crippen LogP contribution in [0.3, 0.4) is 0 Å². The fourth-order valence-corrected chi connectivity index (χ4v) is 2.20. The standard InChI is InChI=1S/C19H15N5O2/c1-26-18-9-7-15(8-10-18)22-19(25)14(12-20)11-16-13-21-24(23-16)17-5-3-2-4-6-17/h2-11,13H,1H3,(H,22,25)/b14-11+. The van der Waals surface area contributed by atoms with Crippen LogP contribution in [0, 0.1) is 11.3 Å². The van der Waals surface area contributed by atoms with E-state index in [2.05, 4.69) is 15.5 Å². The molecule has 1 heterocycles. The van der Waals surface area contributed by atoms with Crippen molar-refractivity contribution in [2.75, 3.05) is 12.4 Å². The molecule has 0 aliphatic heterocycles. The minimum absolute atomic E-state index is 0.0686. The number of nitrogens with one attached hydrogen (secondary N) is 1. The van der Waals surface area contributed by atoms with Crippen molar-refractivity contribution < 1.29 is 9.53 Å². The maximum absolute atomic E-state index is 12.3. The lowest BCUT2D eigenvalue weighted by molar-refractivity contribution is -0.112. The monoisotopic (exact) mass is 345 g/mol. The predicted molar refractivity (Wildman–Crippen MR) is 96.6 cm³/mol. The van der Waals surface area contributed by atoms with Crippen LogP contribution in [0.15, 0.2) is 66.4 Å². The quantitative estimate of drug-likeness (QED) is 0.567. The van der Waals surface area contributed by atoms with Crippen molar-refractivity contribution in [3.63, 3.8) is 0 Å². The number of hydrogen-bond donors (Lipinski definition) is 1. The number of methoxy groups -OCH3 is 1. The van der Waals surface area contributed by atoms with E-state index in [1.54, 1.807) is 31.4 Å². The second kappa shape index (κ2) is 7.77. The highest BCUT2D eigenvalue weighted by molar-refractivity contribution is 6.09. The van der Waals surface area contributed by atoms with Gasteiger partial charge in [0.05, 0.1) is 19.0 Å². The second-order valence-electron chi connectivity index (χ2n) is 5.25. The van der Waals surface area contributed by atoms with E-state index in [1.807, 2.05) is 36.4 Å². The molecule has 3 rings (SSSR count). The molecule has 7 heteroatoms. The highest BCUT2D eigenvalue weighted by Gasteiger charge is 2.11. The molecule has 0 saturated carbocycles. The summed E-state index contributed by atoms with van der Waals surface area (Å²) in [6.07, 6.45) is 2.89. The molecule has 1 aromatic heterocycles. The highest BCUT2D eigenvalue weighted by atomic mass is 16.5. The number of benzene rings is 2. The Morgan fingerprint density at radius 2 is 1.92 bits per heavy atom. The first-order valence-electron chi connectivity index (χ1n) is 7.74. The average Bonchev–Trinajstić information content (AvgIpc) is 3.16. The summed E-state index contributed by atoms with van der Waals surface area (Å²) in [7, 11) is 1.56. The van der Waals surface area contributed by atoms with Crippen LogP contribution in [-0.4, -0.2) is 28.0 Å². The summed E-state index contributed by atoms with van der Waals surface area (Å²) in [6, 6.07) is 18.1. The number of anilines is 1. The van der Waals surface area contributed by atoms with Crippen LogP contribution >= 0.6 is 0 Å². The number of carbonyl (C=O) groups excluding carboxylic acids is 1. The summed E-state index contributed by atoms with van der Waals surface area (Å²) < 4.78 is 5.07. The van der Waals surface area contributed by atoms with Gasteiger partial charge in [0.15, 0.2) is 0 Å². The van der Waals surface area contributed by atoms with Crippen molar-refractivity contribution in [2.24, 2.45) is 0 Å². The van der Waals surface area contributed by atoms with Crippen molar-refractivity contribution in [1.82, 2.24) is 15.0 Å². The molecule has 26 heavy (non-hydrogen) atoms. The zero-order valence-electron chi connectivity index (χ0n) is 14.0. The molecule has 0 atom stereocenters. The molecular weight excluding hydrogens is 330 g/mol. The van der Waals surface area contributed by atoms with Crippen LogP contribution in [-0.2, 0) is 4.79 Å². The van der Waals surface area contributed by atoms with Gasteiger partial charge in [0.25, 0.3) is 5.91 Å². The third-order valence-corrected chi connectivity index (χ3v) is 3.50. The first-order chi connectivity index (χ1) is 12.7. The molecule has 0 fully saturated rings. The molecule has 3 aromatic rings. The summed E-state index contributed by atoms with van der Waals surface area (Å²) in [5.74, 6) is 0.156. The molecule has 0 unspecified atom stereocenters. The van der Waals surface area contributed by atoms with Gasteiger partial charge < -0.3 is 10.1 Å². The van der Waals surface area contributed by atoms with E-state index < -0.39 is 5.91 Å². The SMILES string of the molecule is COc1ccc(NC(=O)/C(C#N)=C/c2cnn(-c3ccccc3)n2)cc1. The number of para-hydroxylation sites is 1. The Morgan fingerprint density at radius 3 is 2.58 bits per heavy atom. The Balaban J connectivity index is 1.76. The summed E-state index contributed by atoms with van der Waals surface area (Å²) in [5.41, 5.74) is 1.69. The number of rotatable bonds is 5. The molecule has 0 aliphatic rings. The fourth-order valence-electron chi connectivity index (χ4n) is 2.20. The van der Waals surface area contributed by atoms with Crippen LogP contribution in [0.5, 0.6) is 5.75 Å². The number of ether oxygens (including phenoxy) is 1. The normalized spacial score (nSPS) is 10.8. The number of amides is 1. The Hall–Kier alpha value is -3.92. The van der Waals surface area contributed by atoms with E-state index >= 15 is 0 Å². The molecule has 0 bridgehead atoms. The summed E-state index contributed by atoms with van der Waals surface area (Å²) in [5, 5.41) is 20.4. The first kappa shape index (κ1) is 16.9. The molecule has 0 radical (unpaired) electrons. The fraction of sp³-hybridized carbons (Fsp3) is 0.0526.